The lowest BCUT2D eigenvalue weighted by Gasteiger charge is -2.17. The Morgan fingerprint density at radius 3 is 2.42 bits per heavy atom. The van der Waals surface area contributed by atoms with Crippen LogP contribution in [0.2, 0.25) is 0 Å². The van der Waals surface area contributed by atoms with Crippen LogP contribution in [0.1, 0.15) is 58.7 Å². The minimum absolute atomic E-state index is 0.0638. The number of methoxy groups -OCH3 is 2. The average Bonchev–Trinajstić information content (AvgIpc) is 2.73. The van der Waals surface area contributed by atoms with E-state index in [1.807, 2.05) is 13.8 Å². The highest BCUT2D eigenvalue weighted by atomic mass is 16.5. The predicted molar refractivity (Wildman–Crippen MR) is 129 cm³/mol. The van der Waals surface area contributed by atoms with Crippen LogP contribution in [-0.2, 0) is 6.42 Å². The minimum atomic E-state index is -0.447. The zero-order chi connectivity index (χ0) is 23.6. The van der Waals surface area contributed by atoms with Gasteiger partial charge in [0.1, 0.15) is 0 Å². The average molecular weight is 430 g/mol. The van der Waals surface area contributed by atoms with Gasteiger partial charge in [0.2, 0.25) is 17.1 Å². The predicted octanol–water partition coefficient (Wildman–Crippen LogP) is 5.44. The number of rotatable bonds is 11. The Balaban J connectivity index is 2.79. The number of pyridine rings is 1. The molecule has 31 heavy (non-hydrogen) atoms. The molecule has 0 bridgehead atoms. The van der Waals surface area contributed by atoms with Crippen molar-refractivity contribution in [1.29, 1.82) is 0 Å². The minimum Gasteiger partial charge on any atom is -0.488 e. The third-order valence-corrected chi connectivity index (χ3v) is 5.37. The molecule has 0 saturated carbocycles. The molecular formula is C26H39NO4. The van der Waals surface area contributed by atoms with Crippen molar-refractivity contribution in [3.63, 3.8) is 0 Å². The van der Waals surface area contributed by atoms with E-state index in [4.69, 9.17) is 9.47 Å². The van der Waals surface area contributed by atoms with Gasteiger partial charge in [-0.15, -0.1) is 0 Å². The maximum atomic E-state index is 12.4. The van der Waals surface area contributed by atoms with E-state index in [0.717, 1.165) is 29.7 Å². The normalized spacial score (nSPS) is 15.3. The zero-order valence-electron chi connectivity index (χ0n) is 20.3. The molecule has 0 amide bonds. The molecule has 0 aliphatic heterocycles. The lowest BCUT2D eigenvalue weighted by Crippen LogP contribution is -2.17. The molecule has 0 aliphatic rings. The van der Waals surface area contributed by atoms with Crippen molar-refractivity contribution in [2.24, 2.45) is 5.92 Å². The number of hydrogen-bond donors (Lipinski definition) is 2. The van der Waals surface area contributed by atoms with E-state index in [-0.39, 0.29) is 17.1 Å². The lowest BCUT2D eigenvalue weighted by atomic mass is 9.95. The molecular weight excluding hydrogens is 390 g/mol. The Morgan fingerprint density at radius 1 is 1.16 bits per heavy atom. The Labute approximate surface area is 187 Å². The van der Waals surface area contributed by atoms with E-state index in [1.54, 1.807) is 6.92 Å². The highest BCUT2D eigenvalue weighted by molar-refractivity contribution is 5.40. The lowest BCUT2D eigenvalue weighted by molar-refractivity contribution is 0.172. The fraction of sp³-hybridized carbons (Fsp3) is 0.500. The van der Waals surface area contributed by atoms with Crippen molar-refractivity contribution >= 4 is 0 Å². The van der Waals surface area contributed by atoms with Gasteiger partial charge >= 0.3 is 0 Å². The van der Waals surface area contributed by atoms with Crippen LogP contribution in [0, 0.1) is 12.8 Å². The monoisotopic (exact) mass is 429 g/mol. The van der Waals surface area contributed by atoms with E-state index in [1.165, 1.54) is 19.8 Å². The van der Waals surface area contributed by atoms with Crippen LogP contribution < -0.4 is 14.9 Å². The van der Waals surface area contributed by atoms with Crippen molar-refractivity contribution in [2.75, 3.05) is 14.2 Å². The number of nitrogens with one attached hydrogen (secondary N) is 1. The fourth-order valence-corrected chi connectivity index (χ4v) is 3.44. The van der Waals surface area contributed by atoms with E-state index < -0.39 is 6.10 Å². The molecule has 0 spiro atoms. The van der Waals surface area contributed by atoms with Crippen LogP contribution >= 0.6 is 0 Å². The molecule has 0 saturated heterocycles. The smallest absolute Gasteiger partial charge is 0.238 e. The second-order valence-electron chi connectivity index (χ2n) is 8.06. The number of allylic oxidation sites excluding steroid dienone is 6. The first-order chi connectivity index (χ1) is 14.7. The molecule has 0 fully saturated rings. The van der Waals surface area contributed by atoms with E-state index in [2.05, 4.69) is 56.1 Å². The van der Waals surface area contributed by atoms with Gasteiger partial charge in [-0.3, -0.25) is 4.79 Å². The van der Waals surface area contributed by atoms with Gasteiger partial charge in [0, 0.05) is 23.6 Å². The molecule has 0 aliphatic carbocycles. The summed E-state index contributed by atoms with van der Waals surface area (Å²) >= 11 is 0. The van der Waals surface area contributed by atoms with Gasteiger partial charge in [-0.25, -0.2) is 0 Å². The molecule has 0 aromatic carbocycles. The second kappa shape index (κ2) is 13.0. The van der Waals surface area contributed by atoms with E-state index in [0.29, 0.717) is 17.9 Å². The third kappa shape index (κ3) is 7.91. The molecule has 2 N–H and O–H groups in total. The van der Waals surface area contributed by atoms with Gasteiger partial charge in [-0.05, 0) is 46.1 Å². The van der Waals surface area contributed by atoms with Gasteiger partial charge in [0.05, 0.1) is 20.3 Å². The van der Waals surface area contributed by atoms with Gasteiger partial charge in [0.25, 0.3) is 0 Å². The standard InChI is InChI=1S/C26H39NO4/c1-9-11-19(4)23(28)20(5)16-18(3)13-10-12-17(2)14-15-22-21(6)24(29)25(30-7)26(27-22)31-8/h10-11,13-14,16,20,23,28H,9,12,15H2,1-8H3,(H,27,29)/b13-10+,17-14+,18-16+,19-11+/t20-,23+/m1/s1. The van der Waals surface area contributed by atoms with Gasteiger partial charge in [-0.2, -0.15) is 0 Å². The van der Waals surface area contributed by atoms with Gasteiger partial charge in [-0.1, -0.05) is 55.4 Å². The number of ether oxygens (including phenoxy) is 2. The summed E-state index contributed by atoms with van der Waals surface area (Å²) in [7, 11) is 2.97. The summed E-state index contributed by atoms with van der Waals surface area (Å²) in [6, 6.07) is 0. The summed E-state index contributed by atoms with van der Waals surface area (Å²) < 4.78 is 10.4. The fourth-order valence-electron chi connectivity index (χ4n) is 3.44. The SMILES string of the molecule is CC/C=C(\C)[C@H](O)[C@H](C)/C=C(C)/C=C/C/C(C)=C/Cc1[nH]c(OC)c(OC)c(=O)c1C. The first-order valence-corrected chi connectivity index (χ1v) is 10.8. The maximum absolute atomic E-state index is 12.4. The topological polar surface area (TPSA) is 71.6 Å². The molecule has 1 aromatic rings. The first kappa shape index (κ1) is 26.5. The summed E-state index contributed by atoms with van der Waals surface area (Å²) in [5.74, 6) is 0.614. The molecule has 5 heteroatoms. The number of aromatic nitrogens is 1. The number of aromatic amines is 1. The van der Waals surface area contributed by atoms with Crippen LogP contribution in [-0.4, -0.2) is 30.4 Å². The van der Waals surface area contributed by atoms with Gasteiger partial charge in [0.15, 0.2) is 0 Å². The van der Waals surface area contributed by atoms with Crippen LogP contribution in [0.5, 0.6) is 11.6 Å². The largest absolute Gasteiger partial charge is 0.488 e. The van der Waals surface area contributed by atoms with Crippen molar-refractivity contribution in [3.05, 3.63) is 68.6 Å². The number of H-pyrrole nitrogens is 1. The quantitative estimate of drug-likeness (QED) is 0.363. The van der Waals surface area contributed by atoms with Crippen molar-refractivity contribution in [1.82, 2.24) is 4.98 Å². The summed E-state index contributed by atoms with van der Waals surface area (Å²) in [4.78, 5) is 15.6. The Kier molecular flexibility index (Phi) is 11.1. The van der Waals surface area contributed by atoms with Crippen LogP contribution in [0.3, 0.4) is 0 Å². The highest BCUT2D eigenvalue weighted by Gasteiger charge is 2.15. The van der Waals surface area contributed by atoms with Crippen LogP contribution in [0.25, 0.3) is 0 Å². The molecule has 1 aromatic heterocycles. The Morgan fingerprint density at radius 2 is 1.84 bits per heavy atom. The van der Waals surface area contributed by atoms with Crippen LogP contribution in [0.15, 0.2) is 51.9 Å². The molecule has 0 unspecified atom stereocenters. The molecule has 172 valence electrons. The summed E-state index contributed by atoms with van der Waals surface area (Å²) in [6.45, 7) is 12.0. The van der Waals surface area contributed by atoms with Crippen molar-refractivity contribution in [2.45, 2.75) is 66.9 Å². The van der Waals surface area contributed by atoms with Crippen LogP contribution in [0.4, 0.5) is 0 Å². The molecule has 5 nitrogen and oxygen atoms in total. The van der Waals surface area contributed by atoms with Gasteiger partial charge < -0.3 is 19.6 Å². The summed E-state index contributed by atoms with van der Waals surface area (Å²) in [6.07, 6.45) is 12.4. The summed E-state index contributed by atoms with van der Waals surface area (Å²) in [5.41, 5.74) is 4.65. The number of aliphatic hydroxyl groups is 1. The highest BCUT2D eigenvalue weighted by Crippen LogP contribution is 2.22. The Bertz CT molecular complexity index is 903. The van der Waals surface area contributed by atoms with Crippen molar-refractivity contribution in [3.8, 4) is 11.6 Å². The molecule has 1 heterocycles. The maximum Gasteiger partial charge on any atom is 0.238 e. The number of hydrogen-bond acceptors (Lipinski definition) is 4. The molecule has 2 atom stereocenters. The second-order valence-corrected chi connectivity index (χ2v) is 8.06. The first-order valence-electron chi connectivity index (χ1n) is 10.8. The Hall–Kier alpha value is -2.53. The molecule has 0 radical (unpaired) electrons. The van der Waals surface area contributed by atoms with E-state index >= 15 is 0 Å². The zero-order valence-corrected chi connectivity index (χ0v) is 20.3. The number of aliphatic hydroxyl groups excluding tert-OH is 1. The third-order valence-electron chi connectivity index (χ3n) is 5.37. The molecule has 1 rings (SSSR count). The van der Waals surface area contributed by atoms with E-state index in [9.17, 15) is 9.90 Å². The van der Waals surface area contributed by atoms with Crippen molar-refractivity contribution < 1.29 is 14.6 Å². The summed E-state index contributed by atoms with van der Waals surface area (Å²) in [5, 5.41) is 10.4.